The summed E-state index contributed by atoms with van der Waals surface area (Å²) in [5.74, 6) is -10.8. The quantitative estimate of drug-likeness (QED) is 0.0154. The molecule has 2 bridgehead atoms. The molecule has 2 saturated carbocycles. The maximum Gasteiger partial charge on any atom is 0.408 e. The molecule has 3 fully saturated rings. The number of carbonyl (C=O) groups is 11. The van der Waals surface area contributed by atoms with Crippen LogP contribution in [0, 0.1) is 22.7 Å². The molecule has 4 unspecified atom stereocenters. The van der Waals surface area contributed by atoms with Crippen LogP contribution in [0.1, 0.15) is 130 Å². The van der Waals surface area contributed by atoms with E-state index in [4.69, 9.17) is 42.6 Å². The lowest BCUT2D eigenvalue weighted by atomic mass is 9.44. The summed E-state index contributed by atoms with van der Waals surface area (Å²) in [7, 11) is 1.60. The number of alkyl carbamates (subject to hydrolysis) is 1. The molecule has 3 aromatic rings. The van der Waals surface area contributed by atoms with E-state index in [-0.39, 0.29) is 72.2 Å². The van der Waals surface area contributed by atoms with Gasteiger partial charge in [-0.2, -0.15) is 0 Å². The minimum Gasteiger partial charge on any atom is -0.460 e. The number of ether oxygens (including phenoxy) is 9. The summed E-state index contributed by atoms with van der Waals surface area (Å²) >= 11 is 0. The largest absolute Gasteiger partial charge is 0.460 e. The SMILES string of the molecule is C=C(C)C(=O)NCC(=O)NC(Cc1ccccc1)C(=O)NC(CC(C)C)C(=O)NCC(=O)OC(C(=O)OC1C[C@@]2(O)[C@H](OC(=O)c3ccccc3)[C@H]3[C@@]4(OC(C)=O)CO[C@H]4C[C@H](O)[C@@]3(C)C(=O)[C@H](O)C(=C1C)C2(C)C)[C@H](NC(=O)OC(C)(C)C)c1ccccc1.C=C(C)C(=O)OCCOCCOC. The molecule has 13 atom stereocenters. The lowest BCUT2D eigenvalue weighted by Crippen LogP contribution is -2.81. The third-order valence-corrected chi connectivity index (χ3v) is 18.5. The highest BCUT2D eigenvalue weighted by Crippen LogP contribution is 2.64. The topological polar surface area (TPSA) is 392 Å². The number of aliphatic hydroxyl groups excluding tert-OH is 2. The first-order valence-electron chi connectivity index (χ1n) is 33.9. The molecule has 4 aliphatic rings. The fourth-order valence-corrected chi connectivity index (χ4v) is 13.3. The summed E-state index contributed by atoms with van der Waals surface area (Å²) in [5.41, 5.74) is -8.26. The average molecular weight is 1440 g/mol. The van der Waals surface area contributed by atoms with E-state index in [2.05, 4.69) is 39.7 Å². The summed E-state index contributed by atoms with van der Waals surface area (Å²) in [5, 5.41) is 51.4. The number of hydrogen-bond donors (Lipinski definition) is 8. The van der Waals surface area contributed by atoms with E-state index < -0.39 is 167 Å². The van der Waals surface area contributed by atoms with Gasteiger partial charge in [0.1, 0.15) is 66.9 Å². The Kier molecular flexibility index (Phi) is 28.8. The second kappa shape index (κ2) is 35.8. The predicted octanol–water partition coefficient (Wildman–Crippen LogP) is 4.65. The molecule has 28 nitrogen and oxygen atoms in total. The van der Waals surface area contributed by atoms with Crippen LogP contribution >= 0.6 is 0 Å². The van der Waals surface area contributed by atoms with Crippen LogP contribution in [-0.2, 0) is 92.2 Å². The van der Waals surface area contributed by atoms with Gasteiger partial charge in [0.05, 0.1) is 56.0 Å². The van der Waals surface area contributed by atoms with E-state index in [0.717, 1.165) is 6.92 Å². The van der Waals surface area contributed by atoms with Gasteiger partial charge in [-0.15, -0.1) is 0 Å². The normalized spacial score (nSPS) is 24.1. The maximum atomic E-state index is 15.5. The second-order valence-corrected chi connectivity index (χ2v) is 28.2. The second-order valence-electron chi connectivity index (χ2n) is 28.2. The Morgan fingerprint density at radius 3 is 1.92 bits per heavy atom. The molecule has 28 heteroatoms. The molecule has 0 spiro atoms. The Balaban J connectivity index is 0.00000116. The summed E-state index contributed by atoms with van der Waals surface area (Å²) in [6, 6.07) is 19.9. The highest BCUT2D eigenvalue weighted by atomic mass is 16.6. The van der Waals surface area contributed by atoms with Crippen LogP contribution in [0.25, 0.3) is 0 Å². The molecule has 0 radical (unpaired) electrons. The number of methoxy groups -OCH3 is 1. The molecule has 8 N–H and O–H groups in total. The zero-order chi connectivity index (χ0) is 76.5. The third-order valence-electron chi connectivity index (χ3n) is 18.5. The van der Waals surface area contributed by atoms with Crippen LogP contribution < -0.4 is 26.6 Å². The molecule has 3 aliphatic carbocycles. The van der Waals surface area contributed by atoms with E-state index in [1.807, 2.05) is 0 Å². The molecule has 103 heavy (non-hydrogen) atoms. The lowest BCUT2D eigenvalue weighted by Gasteiger charge is -2.67. The number of aliphatic hydroxyl groups is 3. The Labute approximate surface area is 599 Å². The van der Waals surface area contributed by atoms with E-state index >= 15 is 9.59 Å². The molecule has 562 valence electrons. The Morgan fingerprint density at radius 2 is 1.36 bits per heavy atom. The van der Waals surface area contributed by atoms with Crippen molar-refractivity contribution in [3.05, 3.63) is 143 Å². The molecule has 3 aromatic carbocycles. The van der Waals surface area contributed by atoms with Crippen molar-refractivity contribution in [2.45, 2.75) is 180 Å². The van der Waals surface area contributed by atoms with Crippen LogP contribution in [0.4, 0.5) is 4.79 Å². The summed E-state index contributed by atoms with van der Waals surface area (Å²) in [4.78, 5) is 151. The van der Waals surface area contributed by atoms with Gasteiger partial charge in [-0.05, 0) is 95.2 Å². The number of nitrogens with one attached hydrogen (secondary N) is 5. The van der Waals surface area contributed by atoms with E-state index in [9.17, 15) is 58.5 Å². The Morgan fingerprint density at radius 1 is 0.748 bits per heavy atom. The van der Waals surface area contributed by atoms with Crippen LogP contribution in [0.3, 0.4) is 0 Å². The number of benzene rings is 3. The van der Waals surface area contributed by atoms with Gasteiger partial charge >= 0.3 is 35.9 Å². The molecule has 1 aliphatic heterocycles. The molecular weight excluding hydrogens is 1340 g/mol. The van der Waals surface area contributed by atoms with E-state index in [0.29, 0.717) is 31.0 Å². The fourth-order valence-electron chi connectivity index (χ4n) is 13.3. The lowest BCUT2D eigenvalue weighted by molar-refractivity contribution is -0.346. The van der Waals surface area contributed by atoms with Crippen molar-refractivity contribution in [1.82, 2.24) is 26.6 Å². The summed E-state index contributed by atoms with van der Waals surface area (Å²) in [6.45, 7) is 25.1. The number of Topliss-reactive ketones (excluding diaryl/α,β-unsaturated/α-hetero) is 1. The number of rotatable bonds is 29. The summed E-state index contributed by atoms with van der Waals surface area (Å²) < 4.78 is 51.0. The van der Waals surface area contributed by atoms with Gasteiger partial charge in [0.15, 0.2) is 11.4 Å². The van der Waals surface area contributed by atoms with Crippen molar-refractivity contribution >= 4 is 65.4 Å². The monoisotopic (exact) mass is 1440 g/mol. The van der Waals surface area contributed by atoms with E-state index in [1.165, 1.54) is 58.9 Å². The first kappa shape index (κ1) is 82.8. The minimum absolute atomic E-state index is 0.00141. The van der Waals surface area contributed by atoms with Gasteiger partial charge in [0.25, 0.3) is 0 Å². The number of esters is 5. The van der Waals surface area contributed by atoms with E-state index in [1.54, 1.807) is 115 Å². The first-order valence-corrected chi connectivity index (χ1v) is 33.9. The summed E-state index contributed by atoms with van der Waals surface area (Å²) in [6.07, 6.45) is -12.8. The first-order chi connectivity index (χ1) is 48.3. The predicted molar refractivity (Wildman–Crippen MR) is 370 cm³/mol. The smallest absolute Gasteiger partial charge is 0.408 e. The van der Waals surface area contributed by atoms with Crippen LogP contribution in [-0.4, -0.2) is 199 Å². The molecule has 7 rings (SSSR count). The van der Waals surface area contributed by atoms with Gasteiger partial charge in [0.2, 0.25) is 29.7 Å². The van der Waals surface area contributed by atoms with Crippen molar-refractivity contribution in [2.75, 3.05) is 53.2 Å². The van der Waals surface area contributed by atoms with Crippen molar-refractivity contribution in [3.8, 4) is 0 Å². The van der Waals surface area contributed by atoms with Crippen LogP contribution in [0.5, 0.6) is 0 Å². The Hall–Kier alpha value is -9.19. The van der Waals surface area contributed by atoms with Crippen molar-refractivity contribution in [1.29, 1.82) is 0 Å². The molecular formula is C75H99N5O23. The standard InChI is InChI=1S/C66H83N5O19.C9H16O4/c1-35(2)28-42(70-58(80)43(29-39-22-16-13-17-23-39)69-47(74)32-67-56(78)36(3)4)57(79)68-33-48(75)87-52(50(40-24-18-14-19-25-40)71-61(83)90-62(7,8)9)60(82)86-44-31-66(84)55(88-59(81)41-26-20-15-21-27-41)53-64(12,54(77)51(76)49(37(44)5)63(66,10)11)45(73)30-46-65(53,34-85-46)89-38(6)72;1-8(2)9(10)13-7-6-12-5-4-11-3/h13-27,35,42-46,50-53,55,73,76,84H,3,28-34H2,1-2,4-12H3,(H,67,78)(H,68,79)(H,69,74)(H,70,80)(H,71,83);1,4-7H2,2-3H3/t42?,43?,44?,45-,46-,50+,51+,52?,53+,55+,64+,65+,66+;/m0./s1. The molecule has 0 aromatic heterocycles. The molecule has 1 heterocycles. The number of amides is 5. The Bertz CT molecular complexity index is 3610. The number of ketones is 1. The molecule has 1 saturated heterocycles. The van der Waals surface area contributed by atoms with Gasteiger partial charge in [-0.3, -0.25) is 33.6 Å². The van der Waals surface area contributed by atoms with Crippen molar-refractivity contribution in [3.63, 3.8) is 0 Å². The highest BCUT2D eigenvalue weighted by Gasteiger charge is 2.78. The van der Waals surface area contributed by atoms with Crippen LogP contribution in [0.2, 0.25) is 0 Å². The van der Waals surface area contributed by atoms with Gasteiger partial charge < -0.3 is 84.5 Å². The van der Waals surface area contributed by atoms with Crippen molar-refractivity contribution in [2.24, 2.45) is 22.7 Å². The zero-order valence-electron chi connectivity index (χ0n) is 60.7. The maximum absolute atomic E-state index is 15.5. The average Bonchev–Trinajstić information content (AvgIpc) is 0.670. The van der Waals surface area contributed by atoms with Crippen molar-refractivity contribution < 1.29 is 111 Å². The zero-order valence-corrected chi connectivity index (χ0v) is 60.7. The van der Waals surface area contributed by atoms with Gasteiger partial charge in [-0.25, -0.2) is 19.2 Å². The highest BCUT2D eigenvalue weighted by molar-refractivity contribution is 5.97. The minimum atomic E-state index is -2.55. The van der Waals surface area contributed by atoms with Gasteiger partial charge in [0, 0.05) is 49.9 Å². The molecule has 5 amide bonds. The fraction of sp³-hybridized carbons (Fsp3) is 0.533. The van der Waals surface area contributed by atoms with Gasteiger partial charge in [-0.1, -0.05) is 120 Å². The number of fused-ring (bicyclic) bond motifs is 5. The third kappa shape index (κ3) is 20.6. The van der Waals surface area contributed by atoms with Crippen LogP contribution in [0.15, 0.2) is 126 Å². The number of carbonyl (C=O) groups excluding carboxylic acids is 11. The number of hydrogen-bond acceptors (Lipinski definition) is 23.